The molecule has 1 heterocycles. The molecule has 0 bridgehead atoms. The van der Waals surface area contributed by atoms with Crippen LogP contribution >= 0.6 is 0 Å². The van der Waals surface area contributed by atoms with Crippen LogP contribution in [0.4, 0.5) is 13.2 Å². The summed E-state index contributed by atoms with van der Waals surface area (Å²) in [7, 11) is 0. The molecule has 1 rings (SSSR count). The summed E-state index contributed by atoms with van der Waals surface area (Å²) in [6.07, 6.45) is -4.97. The molecule has 0 radical (unpaired) electrons. The van der Waals surface area contributed by atoms with Crippen LogP contribution in [0, 0.1) is 6.92 Å². The average Bonchev–Trinajstić information content (AvgIpc) is 2.21. The van der Waals surface area contributed by atoms with Gasteiger partial charge in [0.15, 0.2) is 11.4 Å². The van der Waals surface area contributed by atoms with Crippen molar-refractivity contribution in [3.8, 4) is 5.75 Å². The quantitative estimate of drug-likeness (QED) is 0.845. The fourth-order valence-electron chi connectivity index (χ4n) is 1.17. The molecular weight excluding hydrogens is 255 g/mol. The number of ether oxygens (including phenoxy) is 2. The number of H-pyrrole nitrogens is 1. The molecule has 0 aliphatic heterocycles. The summed E-state index contributed by atoms with van der Waals surface area (Å²) in [5.41, 5.74) is -1.36. The van der Waals surface area contributed by atoms with E-state index in [9.17, 15) is 22.8 Å². The Morgan fingerprint density at radius 3 is 2.56 bits per heavy atom. The number of carbonyl (C=O) groups is 1. The van der Waals surface area contributed by atoms with Gasteiger partial charge in [0.1, 0.15) is 0 Å². The molecular formula is C10H10F3NO4. The summed E-state index contributed by atoms with van der Waals surface area (Å²) in [6.45, 7) is 2.73. The van der Waals surface area contributed by atoms with Crippen molar-refractivity contribution >= 4 is 5.97 Å². The second kappa shape index (κ2) is 5.11. The molecule has 0 atom stereocenters. The lowest BCUT2D eigenvalue weighted by Crippen LogP contribution is -2.23. The number of alkyl halides is 3. The van der Waals surface area contributed by atoms with E-state index in [-0.39, 0.29) is 12.2 Å². The molecule has 0 unspecified atom stereocenters. The van der Waals surface area contributed by atoms with Crippen molar-refractivity contribution in [1.29, 1.82) is 0 Å². The third-order valence-corrected chi connectivity index (χ3v) is 1.90. The molecule has 0 spiro atoms. The van der Waals surface area contributed by atoms with E-state index in [1.165, 1.54) is 13.8 Å². The number of aromatic nitrogens is 1. The number of carbonyl (C=O) groups excluding carboxylic acids is 1. The monoisotopic (exact) mass is 265 g/mol. The van der Waals surface area contributed by atoms with Gasteiger partial charge in [-0.2, -0.15) is 0 Å². The number of aryl methyl sites for hydroxylation is 1. The molecule has 0 saturated carbocycles. The number of nitrogens with one attached hydrogen (secondary N) is 1. The summed E-state index contributed by atoms with van der Waals surface area (Å²) in [5.74, 6) is -1.88. The summed E-state index contributed by atoms with van der Waals surface area (Å²) >= 11 is 0. The first-order valence-electron chi connectivity index (χ1n) is 4.91. The highest BCUT2D eigenvalue weighted by atomic mass is 19.4. The molecule has 0 fully saturated rings. The number of halogens is 3. The molecule has 0 aliphatic carbocycles. The summed E-state index contributed by atoms with van der Waals surface area (Å²) in [6, 6.07) is 0.832. The van der Waals surface area contributed by atoms with Gasteiger partial charge in [-0.25, -0.2) is 4.79 Å². The Morgan fingerprint density at radius 2 is 2.06 bits per heavy atom. The number of aromatic amines is 1. The lowest BCUT2D eigenvalue weighted by molar-refractivity contribution is -0.274. The zero-order chi connectivity index (χ0) is 13.9. The van der Waals surface area contributed by atoms with Crippen LogP contribution in [0.2, 0.25) is 0 Å². The smallest absolute Gasteiger partial charge is 0.461 e. The van der Waals surface area contributed by atoms with Crippen LogP contribution in [0.25, 0.3) is 0 Å². The molecule has 1 N–H and O–H groups in total. The van der Waals surface area contributed by atoms with Crippen molar-refractivity contribution in [2.75, 3.05) is 6.61 Å². The maximum atomic E-state index is 12.1. The standard InChI is InChI=1S/C10H10F3NO4/c1-3-17-9(16)7-6(18-10(11,12)13)4-5(2)8(15)14-7/h4H,3H2,1-2H3,(H,14,15). The first-order chi connectivity index (χ1) is 8.24. The lowest BCUT2D eigenvalue weighted by atomic mass is 10.2. The normalized spacial score (nSPS) is 11.2. The Morgan fingerprint density at radius 1 is 1.44 bits per heavy atom. The lowest BCUT2D eigenvalue weighted by Gasteiger charge is -2.12. The fraction of sp³-hybridized carbons (Fsp3) is 0.400. The zero-order valence-electron chi connectivity index (χ0n) is 9.55. The maximum Gasteiger partial charge on any atom is 0.573 e. The Balaban J connectivity index is 3.25. The first-order valence-corrected chi connectivity index (χ1v) is 4.91. The van der Waals surface area contributed by atoms with Crippen molar-refractivity contribution in [3.05, 3.63) is 27.7 Å². The molecule has 0 saturated heterocycles. The van der Waals surface area contributed by atoms with Crippen LogP contribution in [0.1, 0.15) is 23.0 Å². The van der Waals surface area contributed by atoms with Crippen molar-refractivity contribution in [2.45, 2.75) is 20.2 Å². The zero-order valence-corrected chi connectivity index (χ0v) is 9.55. The van der Waals surface area contributed by atoms with Crippen LogP contribution in [0.5, 0.6) is 5.75 Å². The predicted molar refractivity (Wildman–Crippen MR) is 54.4 cm³/mol. The van der Waals surface area contributed by atoms with Crippen LogP contribution in [0.15, 0.2) is 10.9 Å². The van der Waals surface area contributed by atoms with Gasteiger partial charge in [0.05, 0.1) is 6.61 Å². The molecule has 5 nitrogen and oxygen atoms in total. The van der Waals surface area contributed by atoms with Gasteiger partial charge < -0.3 is 14.5 Å². The van der Waals surface area contributed by atoms with E-state index in [2.05, 4.69) is 9.47 Å². The van der Waals surface area contributed by atoms with Crippen LogP contribution < -0.4 is 10.3 Å². The van der Waals surface area contributed by atoms with Gasteiger partial charge in [-0.15, -0.1) is 13.2 Å². The Hall–Kier alpha value is -1.99. The van der Waals surface area contributed by atoms with Gasteiger partial charge >= 0.3 is 12.3 Å². The van der Waals surface area contributed by atoms with Crippen LogP contribution in [0.3, 0.4) is 0 Å². The van der Waals surface area contributed by atoms with Gasteiger partial charge in [0.2, 0.25) is 0 Å². The number of pyridine rings is 1. The van der Waals surface area contributed by atoms with Crippen LogP contribution in [-0.4, -0.2) is 23.9 Å². The topological polar surface area (TPSA) is 68.4 Å². The third-order valence-electron chi connectivity index (χ3n) is 1.90. The minimum atomic E-state index is -4.97. The number of rotatable bonds is 3. The van der Waals surface area contributed by atoms with Crippen molar-refractivity contribution in [1.82, 2.24) is 4.98 Å². The van der Waals surface area contributed by atoms with Crippen molar-refractivity contribution in [3.63, 3.8) is 0 Å². The highest BCUT2D eigenvalue weighted by Crippen LogP contribution is 2.25. The van der Waals surface area contributed by atoms with E-state index in [0.717, 1.165) is 6.07 Å². The van der Waals surface area contributed by atoms with Gasteiger partial charge in [0, 0.05) is 5.56 Å². The number of esters is 1. The molecule has 1 aromatic heterocycles. The number of hydrogen-bond donors (Lipinski definition) is 1. The minimum absolute atomic E-state index is 0.0118. The van der Waals surface area contributed by atoms with Gasteiger partial charge in [0.25, 0.3) is 5.56 Å². The highest BCUT2D eigenvalue weighted by Gasteiger charge is 2.33. The summed E-state index contributed by atoms with van der Waals surface area (Å²) in [4.78, 5) is 24.6. The molecule has 0 amide bonds. The van der Waals surface area contributed by atoms with Gasteiger partial charge in [-0.1, -0.05) is 0 Å². The minimum Gasteiger partial charge on any atom is -0.461 e. The molecule has 1 aromatic rings. The third kappa shape index (κ3) is 3.51. The van der Waals surface area contributed by atoms with E-state index in [4.69, 9.17) is 0 Å². The average molecular weight is 265 g/mol. The molecule has 8 heteroatoms. The summed E-state index contributed by atoms with van der Waals surface area (Å²) < 4.78 is 44.6. The van der Waals surface area contributed by atoms with Gasteiger partial charge in [-0.05, 0) is 19.9 Å². The fourth-order valence-corrected chi connectivity index (χ4v) is 1.17. The largest absolute Gasteiger partial charge is 0.573 e. The molecule has 18 heavy (non-hydrogen) atoms. The second-order valence-corrected chi connectivity index (χ2v) is 3.29. The van der Waals surface area contributed by atoms with E-state index >= 15 is 0 Å². The highest BCUT2D eigenvalue weighted by molar-refractivity contribution is 5.90. The second-order valence-electron chi connectivity index (χ2n) is 3.29. The van der Waals surface area contributed by atoms with Crippen LogP contribution in [-0.2, 0) is 4.74 Å². The molecule has 0 aliphatic rings. The van der Waals surface area contributed by atoms with Crippen molar-refractivity contribution < 1.29 is 27.4 Å². The van der Waals surface area contributed by atoms with E-state index in [0.29, 0.717) is 0 Å². The van der Waals surface area contributed by atoms with Gasteiger partial charge in [-0.3, -0.25) is 4.79 Å². The van der Waals surface area contributed by atoms with Crippen molar-refractivity contribution in [2.24, 2.45) is 0 Å². The molecule has 0 aromatic carbocycles. The molecule has 100 valence electrons. The van der Waals surface area contributed by atoms with E-state index < -0.39 is 29.3 Å². The predicted octanol–water partition coefficient (Wildman–Crippen LogP) is 1.76. The van der Waals surface area contributed by atoms with E-state index in [1.54, 1.807) is 0 Å². The first kappa shape index (κ1) is 14.1. The summed E-state index contributed by atoms with van der Waals surface area (Å²) in [5, 5.41) is 0. The Bertz CT molecular complexity index is 507. The SMILES string of the molecule is CCOC(=O)c1[nH]c(=O)c(C)cc1OC(F)(F)F. The maximum absolute atomic E-state index is 12.1. The number of hydrogen-bond acceptors (Lipinski definition) is 4. The van der Waals surface area contributed by atoms with E-state index in [1.807, 2.05) is 4.98 Å². The Labute approximate surface area is 99.5 Å². The Kier molecular flexibility index (Phi) is 4.00.